The molecule has 0 unspecified atom stereocenters. The van der Waals surface area contributed by atoms with E-state index in [2.05, 4.69) is 17.0 Å². The molecule has 2 N–H and O–H groups in total. The number of furan rings is 1. The van der Waals surface area contributed by atoms with E-state index in [0.717, 1.165) is 42.9 Å². The smallest absolute Gasteiger partial charge is 0.220 e. The second-order valence-corrected chi connectivity index (χ2v) is 5.16. The second-order valence-electron chi connectivity index (χ2n) is 5.16. The zero-order chi connectivity index (χ0) is 13.9. The zero-order valence-corrected chi connectivity index (χ0v) is 11.3. The first-order valence-corrected chi connectivity index (χ1v) is 6.93. The summed E-state index contributed by atoms with van der Waals surface area (Å²) in [6.45, 7) is 1.71. The largest absolute Gasteiger partial charge is 0.464 e. The summed E-state index contributed by atoms with van der Waals surface area (Å²) in [5, 5.41) is 0. The van der Waals surface area contributed by atoms with Crippen LogP contribution >= 0.6 is 0 Å². The number of nitrogens with two attached hydrogens (primary N) is 1. The minimum absolute atomic E-state index is 0.0158. The Morgan fingerprint density at radius 1 is 1.15 bits per heavy atom. The van der Waals surface area contributed by atoms with Crippen molar-refractivity contribution in [2.45, 2.75) is 12.8 Å². The summed E-state index contributed by atoms with van der Waals surface area (Å²) in [4.78, 5) is 13.5. The zero-order valence-electron chi connectivity index (χ0n) is 11.3. The van der Waals surface area contributed by atoms with E-state index in [0.29, 0.717) is 0 Å². The van der Waals surface area contributed by atoms with Crippen molar-refractivity contribution in [3.63, 3.8) is 0 Å². The molecule has 1 aliphatic rings. The molecule has 2 heterocycles. The summed E-state index contributed by atoms with van der Waals surface area (Å²) in [6.07, 6.45) is 3.33. The van der Waals surface area contributed by atoms with Crippen LogP contribution in [0, 0.1) is 5.92 Å². The Kier molecular flexibility index (Phi) is 3.46. The van der Waals surface area contributed by atoms with E-state index < -0.39 is 0 Å². The van der Waals surface area contributed by atoms with Gasteiger partial charge in [-0.3, -0.25) is 4.79 Å². The molecular weight excluding hydrogens is 252 g/mol. The second kappa shape index (κ2) is 5.41. The van der Waals surface area contributed by atoms with E-state index in [-0.39, 0.29) is 11.8 Å². The van der Waals surface area contributed by atoms with Crippen LogP contribution in [0.25, 0.3) is 11.3 Å². The number of anilines is 1. The van der Waals surface area contributed by atoms with E-state index in [1.165, 1.54) is 0 Å². The highest BCUT2D eigenvalue weighted by Gasteiger charge is 2.24. The molecule has 1 saturated heterocycles. The van der Waals surface area contributed by atoms with Crippen LogP contribution in [0.2, 0.25) is 0 Å². The molecular formula is C16H18N2O2. The van der Waals surface area contributed by atoms with Crippen LogP contribution in [0.3, 0.4) is 0 Å². The lowest BCUT2D eigenvalue weighted by Gasteiger charge is -2.33. The van der Waals surface area contributed by atoms with E-state index in [4.69, 9.17) is 10.2 Å². The number of primary amides is 1. The standard InChI is InChI=1S/C16H18N2O2/c17-16(19)12-7-9-18(10-8-12)14-5-2-1-4-13(14)15-6-3-11-20-15/h1-6,11-12H,7-10H2,(H2,17,19). The van der Waals surface area contributed by atoms with Gasteiger partial charge in [0.15, 0.2) is 0 Å². The van der Waals surface area contributed by atoms with Gasteiger partial charge >= 0.3 is 0 Å². The van der Waals surface area contributed by atoms with Crippen molar-refractivity contribution >= 4 is 11.6 Å². The number of hydrogen-bond donors (Lipinski definition) is 1. The Hall–Kier alpha value is -2.23. The van der Waals surface area contributed by atoms with Gasteiger partial charge in [-0.15, -0.1) is 0 Å². The van der Waals surface area contributed by atoms with Crippen molar-refractivity contribution in [3.05, 3.63) is 42.7 Å². The fourth-order valence-corrected chi connectivity index (χ4v) is 2.79. The highest BCUT2D eigenvalue weighted by atomic mass is 16.3. The van der Waals surface area contributed by atoms with Crippen molar-refractivity contribution in [1.82, 2.24) is 0 Å². The van der Waals surface area contributed by atoms with Crippen LogP contribution < -0.4 is 10.6 Å². The van der Waals surface area contributed by atoms with Crippen molar-refractivity contribution < 1.29 is 9.21 Å². The van der Waals surface area contributed by atoms with Crippen molar-refractivity contribution in [2.24, 2.45) is 11.7 Å². The molecule has 4 heteroatoms. The van der Waals surface area contributed by atoms with Crippen molar-refractivity contribution in [1.29, 1.82) is 0 Å². The van der Waals surface area contributed by atoms with Crippen LogP contribution in [0.5, 0.6) is 0 Å². The monoisotopic (exact) mass is 270 g/mol. The molecule has 4 nitrogen and oxygen atoms in total. The molecule has 0 bridgehead atoms. The molecule has 104 valence electrons. The third-order valence-electron chi connectivity index (χ3n) is 3.93. The minimum atomic E-state index is -0.177. The van der Waals surface area contributed by atoms with Crippen LogP contribution in [0.15, 0.2) is 47.1 Å². The molecule has 0 radical (unpaired) electrons. The highest BCUT2D eigenvalue weighted by Crippen LogP contribution is 2.33. The summed E-state index contributed by atoms with van der Waals surface area (Å²) in [5.74, 6) is 0.712. The average molecular weight is 270 g/mol. The highest BCUT2D eigenvalue weighted by molar-refractivity contribution is 5.78. The van der Waals surface area contributed by atoms with Crippen molar-refractivity contribution in [3.8, 4) is 11.3 Å². The predicted octanol–water partition coefficient (Wildman–Crippen LogP) is 2.65. The summed E-state index contributed by atoms with van der Waals surface area (Å²) in [6, 6.07) is 12.1. The molecule has 0 spiro atoms. The van der Waals surface area contributed by atoms with Gasteiger partial charge in [0.25, 0.3) is 0 Å². The van der Waals surface area contributed by atoms with Gasteiger partial charge in [0.2, 0.25) is 5.91 Å². The Morgan fingerprint density at radius 3 is 2.55 bits per heavy atom. The molecule has 20 heavy (non-hydrogen) atoms. The lowest BCUT2D eigenvalue weighted by Crippen LogP contribution is -2.38. The van der Waals surface area contributed by atoms with Gasteiger partial charge in [-0.05, 0) is 37.1 Å². The molecule has 1 fully saturated rings. The Balaban J connectivity index is 1.83. The summed E-state index contributed by atoms with van der Waals surface area (Å²) >= 11 is 0. The Labute approximate surface area is 118 Å². The molecule has 0 saturated carbocycles. The van der Waals surface area contributed by atoms with Gasteiger partial charge in [0.1, 0.15) is 5.76 Å². The maximum Gasteiger partial charge on any atom is 0.220 e. The minimum Gasteiger partial charge on any atom is -0.464 e. The number of hydrogen-bond acceptors (Lipinski definition) is 3. The lowest BCUT2D eigenvalue weighted by molar-refractivity contribution is -0.122. The van der Waals surface area contributed by atoms with E-state index in [1.807, 2.05) is 24.3 Å². The summed E-state index contributed by atoms with van der Waals surface area (Å²) in [7, 11) is 0. The molecule has 1 aromatic carbocycles. The molecule has 3 rings (SSSR count). The number of piperidine rings is 1. The maximum atomic E-state index is 11.2. The molecule has 0 aliphatic carbocycles. The third-order valence-corrected chi connectivity index (χ3v) is 3.93. The number of benzene rings is 1. The number of carbonyl (C=O) groups is 1. The van der Waals surface area contributed by atoms with E-state index in [9.17, 15) is 4.79 Å². The van der Waals surface area contributed by atoms with Crippen LogP contribution in [0.1, 0.15) is 12.8 Å². The van der Waals surface area contributed by atoms with Gasteiger partial charge in [-0.1, -0.05) is 12.1 Å². The van der Waals surface area contributed by atoms with Gasteiger partial charge in [-0.2, -0.15) is 0 Å². The summed E-state index contributed by atoms with van der Waals surface area (Å²) < 4.78 is 5.51. The van der Waals surface area contributed by atoms with Crippen LogP contribution in [-0.4, -0.2) is 19.0 Å². The van der Waals surface area contributed by atoms with Gasteiger partial charge in [0.05, 0.1) is 6.26 Å². The van der Waals surface area contributed by atoms with E-state index in [1.54, 1.807) is 6.26 Å². The number of nitrogens with zero attached hydrogens (tertiary/aromatic N) is 1. The van der Waals surface area contributed by atoms with Gasteiger partial charge in [-0.25, -0.2) is 0 Å². The van der Waals surface area contributed by atoms with Crippen LogP contribution in [0.4, 0.5) is 5.69 Å². The topological polar surface area (TPSA) is 59.5 Å². The van der Waals surface area contributed by atoms with Gasteiger partial charge < -0.3 is 15.1 Å². The molecule has 1 aromatic heterocycles. The predicted molar refractivity (Wildman–Crippen MR) is 78.3 cm³/mol. The number of carbonyl (C=O) groups excluding carboxylic acids is 1. The summed E-state index contributed by atoms with van der Waals surface area (Å²) in [5.41, 5.74) is 7.64. The fraction of sp³-hybridized carbons (Fsp3) is 0.312. The number of para-hydroxylation sites is 1. The maximum absolute atomic E-state index is 11.2. The Bertz CT molecular complexity index is 584. The van der Waals surface area contributed by atoms with Crippen molar-refractivity contribution in [2.75, 3.05) is 18.0 Å². The quantitative estimate of drug-likeness (QED) is 0.932. The number of amides is 1. The van der Waals surface area contributed by atoms with Gasteiger partial charge in [0, 0.05) is 30.3 Å². The molecule has 1 amide bonds. The molecule has 2 aromatic rings. The number of rotatable bonds is 3. The Morgan fingerprint density at radius 2 is 1.90 bits per heavy atom. The molecule has 0 atom stereocenters. The first-order valence-electron chi connectivity index (χ1n) is 6.93. The van der Waals surface area contributed by atoms with E-state index >= 15 is 0 Å². The first-order chi connectivity index (χ1) is 9.75. The lowest BCUT2D eigenvalue weighted by atomic mass is 9.95. The molecule has 1 aliphatic heterocycles. The average Bonchev–Trinajstić information content (AvgIpc) is 3.01. The van der Waals surface area contributed by atoms with Crippen LogP contribution in [-0.2, 0) is 4.79 Å². The normalized spacial score (nSPS) is 16.3. The first kappa shape index (κ1) is 12.8. The fourth-order valence-electron chi connectivity index (χ4n) is 2.79. The third kappa shape index (κ3) is 2.41. The SMILES string of the molecule is NC(=O)C1CCN(c2ccccc2-c2ccco2)CC1.